The van der Waals surface area contributed by atoms with Gasteiger partial charge in [0.15, 0.2) is 0 Å². The molecule has 1 N–H and O–H groups in total. The van der Waals surface area contributed by atoms with Crippen LogP contribution in [0.25, 0.3) is 11.1 Å². The van der Waals surface area contributed by atoms with Gasteiger partial charge >= 0.3 is 0 Å². The summed E-state index contributed by atoms with van der Waals surface area (Å²) in [6, 6.07) is 20.0. The van der Waals surface area contributed by atoms with Crippen molar-refractivity contribution in [1.29, 1.82) is 0 Å². The number of hydrogen-bond donors (Lipinski definition) is 1. The monoisotopic (exact) mass is 279 g/mol. The van der Waals surface area contributed by atoms with E-state index >= 15 is 0 Å². The molecule has 3 rings (SSSR count). The smallest absolute Gasteiger partial charge is 0.0342 e. The van der Waals surface area contributed by atoms with Crippen molar-refractivity contribution in [1.82, 2.24) is 0 Å². The van der Waals surface area contributed by atoms with E-state index < -0.39 is 0 Å². The largest absolute Gasteiger partial charge is 0.382 e. The van der Waals surface area contributed by atoms with Crippen molar-refractivity contribution in [2.24, 2.45) is 5.41 Å². The minimum atomic E-state index is 0.537. The van der Waals surface area contributed by atoms with Gasteiger partial charge in [0.1, 0.15) is 0 Å². The van der Waals surface area contributed by atoms with E-state index in [2.05, 4.69) is 73.8 Å². The Labute approximate surface area is 128 Å². The van der Waals surface area contributed by atoms with Crippen LogP contribution in [0.5, 0.6) is 0 Å². The van der Waals surface area contributed by atoms with E-state index in [0.29, 0.717) is 11.5 Å². The minimum Gasteiger partial charge on any atom is -0.382 e. The molecule has 1 fully saturated rings. The molecule has 1 aliphatic carbocycles. The van der Waals surface area contributed by atoms with Gasteiger partial charge in [-0.25, -0.2) is 0 Å². The summed E-state index contributed by atoms with van der Waals surface area (Å²) < 4.78 is 0. The summed E-state index contributed by atoms with van der Waals surface area (Å²) in [5.74, 6) is 0. The zero-order valence-electron chi connectivity index (χ0n) is 13.1. The van der Waals surface area contributed by atoms with Crippen LogP contribution >= 0.6 is 0 Å². The van der Waals surface area contributed by atoms with Crippen molar-refractivity contribution >= 4 is 5.69 Å². The van der Waals surface area contributed by atoms with Crippen LogP contribution < -0.4 is 5.32 Å². The highest BCUT2D eigenvalue weighted by Crippen LogP contribution is 2.36. The molecule has 2 aromatic rings. The molecule has 1 aliphatic rings. The molecule has 0 unspecified atom stereocenters. The van der Waals surface area contributed by atoms with E-state index in [0.717, 1.165) is 0 Å². The molecule has 0 aliphatic heterocycles. The van der Waals surface area contributed by atoms with Gasteiger partial charge in [-0.15, -0.1) is 0 Å². The Kier molecular flexibility index (Phi) is 4.01. The molecule has 2 aromatic carbocycles. The Balaban J connectivity index is 1.63. The Hall–Kier alpha value is -1.76. The number of benzene rings is 2. The van der Waals surface area contributed by atoms with Crippen LogP contribution in [0.4, 0.5) is 5.69 Å². The lowest BCUT2D eigenvalue weighted by Crippen LogP contribution is -2.29. The second kappa shape index (κ2) is 5.93. The molecule has 21 heavy (non-hydrogen) atoms. The average molecular weight is 279 g/mol. The van der Waals surface area contributed by atoms with Gasteiger partial charge in [0.05, 0.1) is 0 Å². The van der Waals surface area contributed by atoms with Crippen molar-refractivity contribution < 1.29 is 0 Å². The maximum Gasteiger partial charge on any atom is 0.0342 e. The molecule has 0 heterocycles. The topological polar surface area (TPSA) is 12.0 Å². The first-order chi connectivity index (χ1) is 10.1. The van der Waals surface area contributed by atoms with E-state index in [1.807, 2.05) is 0 Å². The number of anilines is 1. The van der Waals surface area contributed by atoms with Crippen LogP contribution in [0.1, 0.15) is 39.5 Å². The van der Waals surface area contributed by atoms with Gasteiger partial charge in [0.25, 0.3) is 0 Å². The van der Waals surface area contributed by atoms with E-state index in [1.54, 1.807) is 0 Å². The number of hydrogen-bond acceptors (Lipinski definition) is 1. The molecular weight excluding hydrogens is 254 g/mol. The second-order valence-electron chi connectivity index (χ2n) is 7.03. The fourth-order valence-electron chi connectivity index (χ4n) is 3.17. The van der Waals surface area contributed by atoms with Gasteiger partial charge in [0.2, 0.25) is 0 Å². The average Bonchev–Trinajstić information content (AvgIpc) is 2.51. The van der Waals surface area contributed by atoms with Crippen LogP contribution in [-0.2, 0) is 0 Å². The zero-order valence-corrected chi connectivity index (χ0v) is 13.1. The van der Waals surface area contributed by atoms with Crippen molar-refractivity contribution in [3.05, 3.63) is 54.6 Å². The predicted octanol–water partition coefficient (Wildman–Crippen LogP) is 5.73. The fraction of sp³-hybridized carbons (Fsp3) is 0.400. The standard InChI is InChI=1S/C20H25N/c1-20(2)14-12-19(13-15-20)21-18-10-8-17(9-11-18)16-6-4-3-5-7-16/h3-11,19,21H,12-15H2,1-2H3. The molecule has 1 nitrogen and oxygen atoms in total. The van der Waals surface area contributed by atoms with Crippen molar-refractivity contribution in [3.8, 4) is 11.1 Å². The third-order valence-corrected chi connectivity index (χ3v) is 4.70. The summed E-state index contributed by atoms with van der Waals surface area (Å²) in [6.07, 6.45) is 5.22. The highest BCUT2D eigenvalue weighted by Gasteiger charge is 2.26. The number of nitrogens with one attached hydrogen (secondary N) is 1. The maximum absolute atomic E-state index is 3.70. The van der Waals surface area contributed by atoms with Gasteiger partial charge in [-0.2, -0.15) is 0 Å². The molecule has 0 bridgehead atoms. The van der Waals surface area contributed by atoms with Crippen molar-refractivity contribution in [2.45, 2.75) is 45.6 Å². The lowest BCUT2D eigenvalue weighted by Gasteiger charge is -2.35. The summed E-state index contributed by atoms with van der Waals surface area (Å²) in [5.41, 5.74) is 4.35. The van der Waals surface area contributed by atoms with Gasteiger partial charge in [-0.1, -0.05) is 56.3 Å². The second-order valence-corrected chi connectivity index (χ2v) is 7.03. The third-order valence-electron chi connectivity index (χ3n) is 4.70. The van der Waals surface area contributed by atoms with Crippen LogP contribution in [0.15, 0.2) is 54.6 Å². The molecule has 110 valence electrons. The first-order valence-corrected chi connectivity index (χ1v) is 8.04. The van der Waals surface area contributed by atoms with Crippen LogP contribution in [-0.4, -0.2) is 6.04 Å². The Morgan fingerprint density at radius 3 is 2.00 bits per heavy atom. The summed E-state index contributed by atoms with van der Waals surface area (Å²) in [5, 5.41) is 3.70. The van der Waals surface area contributed by atoms with Gasteiger partial charge in [0, 0.05) is 11.7 Å². The quantitative estimate of drug-likeness (QED) is 0.756. The van der Waals surface area contributed by atoms with Crippen molar-refractivity contribution in [2.75, 3.05) is 5.32 Å². The lowest BCUT2D eigenvalue weighted by molar-refractivity contribution is 0.232. The molecule has 1 saturated carbocycles. The summed E-state index contributed by atoms with van der Waals surface area (Å²) in [4.78, 5) is 0. The molecule has 1 heteroatoms. The molecule has 0 spiro atoms. The molecule has 0 saturated heterocycles. The summed E-state index contributed by atoms with van der Waals surface area (Å²) >= 11 is 0. The minimum absolute atomic E-state index is 0.537. The SMILES string of the molecule is CC1(C)CCC(Nc2ccc(-c3ccccc3)cc2)CC1. The van der Waals surface area contributed by atoms with Gasteiger partial charge in [-0.05, 0) is 54.4 Å². The first kappa shape index (κ1) is 14.2. The van der Waals surface area contributed by atoms with Crippen LogP contribution in [0.2, 0.25) is 0 Å². The normalized spacial score (nSPS) is 18.4. The van der Waals surface area contributed by atoms with E-state index in [1.165, 1.54) is 42.5 Å². The summed E-state index contributed by atoms with van der Waals surface area (Å²) in [7, 11) is 0. The molecular formula is C20H25N. The highest BCUT2D eigenvalue weighted by atomic mass is 14.9. The fourth-order valence-corrected chi connectivity index (χ4v) is 3.17. The summed E-state index contributed by atoms with van der Waals surface area (Å²) in [6.45, 7) is 4.77. The molecule has 0 atom stereocenters. The Bertz CT molecular complexity index is 559. The van der Waals surface area contributed by atoms with E-state index in [4.69, 9.17) is 0 Å². The molecule has 0 aromatic heterocycles. The number of rotatable bonds is 3. The Morgan fingerprint density at radius 1 is 0.810 bits per heavy atom. The highest BCUT2D eigenvalue weighted by molar-refractivity contribution is 5.65. The third kappa shape index (κ3) is 3.66. The van der Waals surface area contributed by atoms with Crippen molar-refractivity contribution in [3.63, 3.8) is 0 Å². The molecule has 0 amide bonds. The first-order valence-electron chi connectivity index (χ1n) is 8.04. The lowest BCUT2D eigenvalue weighted by atomic mass is 9.75. The van der Waals surface area contributed by atoms with E-state index in [-0.39, 0.29) is 0 Å². The maximum atomic E-state index is 3.70. The van der Waals surface area contributed by atoms with Gasteiger partial charge in [-0.3, -0.25) is 0 Å². The van der Waals surface area contributed by atoms with Crippen LogP contribution in [0.3, 0.4) is 0 Å². The predicted molar refractivity (Wildman–Crippen MR) is 91.5 cm³/mol. The zero-order chi connectivity index (χ0) is 14.7. The Morgan fingerprint density at radius 2 is 1.38 bits per heavy atom. The van der Waals surface area contributed by atoms with Gasteiger partial charge < -0.3 is 5.32 Å². The van der Waals surface area contributed by atoms with E-state index in [9.17, 15) is 0 Å². The molecule has 0 radical (unpaired) electrons. The van der Waals surface area contributed by atoms with Crippen LogP contribution in [0, 0.1) is 5.41 Å².